The number of nitrogen functional groups attached to an aromatic ring is 1. The van der Waals surface area contributed by atoms with E-state index in [0.29, 0.717) is 24.2 Å². The van der Waals surface area contributed by atoms with Gasteiger partial charge in [0, 0.05) is 6.42 Å². The summed E-state index contributed by atoms with van der Waals surface area (Å²) < 4.78 is 12.8. The molecule has 0 aliphatic carbocycles. The number of hydrogen-bond acceptors (Lipinski definition) is 9. The Bertz CT molecular complexity index is 1260. The number of fused-ring (bicyclic) bond motifs is 2. The number of hydrogen-bond donors (Lipinski definition) is 4. The second kappa shape index (κ2) is 8.32. The lowest BCUT2D eigenvalue weighted by molar-refractivity contribution is -0.0511. The van der Waals surface area contributed by atoms with E-state index in [2.05, 4.69) is 39.2 Å². The minimum absolute atomic E-state index is 0.0729. The maximum atomic E-state index is 10.3. The number of nitrogens with zero attached hydrogens (tertiary/aromatic N) is 4. The summed E-state index contributed by atoms with van der Waals surface area (Å²) in [6, 6.07) is 14.4. The molecule has 0 bridgehead atoms. The molecular weight excluding hydrogens is 414 g/mol. The van der Waals surface area contributed by atoms with E-state index in [1.165, 1.54) is 10.9 Å². The molecule has 4 atom stereocenters. The Morgan fingerprint density at radius 3 is 2.69 bits per heavy atom. The van der Waals surface area contributed by atoms with Crippen LogP contribution in [0.1, 0.15) is 11.8 Å². The highest BCUT2D eigenvalue weighted by Gasteiger charge is 2.44. The van der Waals surface area contributed by atoms with Gasteiger partial charge >= 0.3 is 6.01 Å². The van der Waals surface area contributed by atoms with Gasteiger partial charge in [-0.1, -0.05) is 42.5 Å². The quantitative estimate of drug-likeness (QED) is 0.343. The van der Waals surface area contributed by atoms with E-state index in [9.17, 15) is 15.3 Å². The average molecular weight is 437 g/mol. The Morgan fingerprint density at radius 2 is 1.88 bits per heavy atom. The van der Waals surface area contributed by atoms with Crippen molar-refractivity contribution >= 4 is 27.8 Å². The zero-order chi connectivity index (χ0) is 22.2. The second-order valence-corrected chi connectivity index (χ2v) is 7.68. The lowest BCUT2D eigenvalue weighted by Crippen LogP contribution is -2.33. The molecule has 0 saturated carbocycles. The summed E-state index contributed by atoms with van der Waals surface area (Å²) in [5.41, 5.74) is 7.81. The van der Waals surface area contributed by atoms with Gasteiger partial charge in [-0.2, -0.15) is 9.97 Å². The molecule has 2 aromatic carbocycles. The number of benzene rings is 2. The van der Waals surface area contributed by atoms with Crippen molar-refractivity contribution in [3.8, 4) is 6.01 Å². The summed E-state index contributed by atoms with van der Waals surface area (Å²) in [7, 11) is 0. The summed E-state index contributed by atoms with van der Waals surface area (Å²) in [4.78, 5) is 12.8. The largest absolute Gasteiger partial charge is 0.463 e. The molecule has 5 rings (SSSR count). The normalized spacial score (nSPS) is 23.2. The van der Waals surface area contributed by atoms with Crippen LogP contribution >= 0.6 is 0 Å². The van der Waals surface area contributed by atoms with E-state index >= 15 is 0 Å². The first-order valence-corrected chi connectivity index (χ1v) is 10.3. The smallest absolute Gasteiger partial charge is 0.320 e. The Balaban J connectivity index is 1.38. The molecule has 1 fully saturated rings. The topological polar surface area (TPSA) is 149 Å². The molecule has 1 aliphatic rings. The summed E-state index contributed by atoms with van der Waals surface area (Å²) in [5.74, 6) is 0.126. The molecule has 1 saturated heterocycles. The summed E-state index contributed by atoms with van der Waals surface area (Å²) in [6.45, 7) is -0.0953. The van der Waals surface area contributed by atoms with E-state index in [1.807, 2.05) is 18.2 Å². The van der Waals surface area contributed by atoms with Gasteiger partial charge in [0.2, 0.25) is 0 Å². The molecule has 0 amide bonds. The van der Waals surface area contributed by atoms with Crippen molar-refractivity contribution in [1.29, 1.82) is 0 Å². The molecule has 0 unspecified atom stereocenters. The van der Waals surface area contributed by atoms with Crippen molar-refractivity contribution in [2.45, 2.75) is 31.0 Å². The minimum Gasteiger partial charge on any atom is -0.463 e. The van der Waals surface area contributed by atoms with Crippen molar-refractivity contribution < 1.29 is 24.8 Å². The molecule has 2 aromatic heterocycles. The van der Waals surface area contributed by atoms with Gasteiger partial charge in [-0.05, 0) is 16.3 Å². The second-order valence-electron chi connectivity index (χ2n) is 7.68. The molecule has 166 valence electrons. The number of ether oxygens (including phenoxy) is 2. The lowest BCUT2D eigenvalue weighted by atomic mass is 10.0. The molecular formula is C22H23N5O5. The third kappa shape index (κ3) is 3.53. The molecule has 0 spiro atoms. The highest BCUT2D eigenvalue weighted by molar-refractivity contribution is 5.85. The van der Waals surface area contributed by atoms with Crippen LogP contribution in [0.25, 0.3) is 21.9 Å². The van der Waals surface area contributed by atoms with E-state index in [4.69, 9.17) is 15.2 Å². The first kappa shape index (κ1) is 20.6. The van der Waals surface area contributed by atoms with Gasteiger partial charge in [-0.15, -0.1) is 0 Å². The molecule has 10 heteroatoms. The van der Waals surface area contributed by atoms with Crippen molar-refractivity contribution in [1.82, 2.24) is 19.5 Å². The van der Waals surface area contributed by atoms with Gasteiger partial charge < -0.3 is 30.5 Å². The van der Waals surface area contributed by atoms with E-state index in [-0.39, 0.29) is 11.8 Å². The third-order valence-corrected chi connectivity index (χ3v) is 5.70. The lowest BCUT2D eigenvalue weighted by Gasteiger charge is -2.16. The molecule has 5 N–H and O–H groups in total. The molecule has 1 aliphatic heterocycles. The maximum absolute atomic E-state index is 10.3. The van der Waals surface area contributed by atoms with Gasteiger partial charge in [0.05, 0.1) is 19.5 Å². The molecule has 32 heavy (non-hydrogen) atoms. The van der Waals surface area contributed by atoms with Gasteiger partial charge in [0.1, 0.15) is 18.3 Å². The monoisotopic (exact) mass is 437 g/mol. The highest BCUT2D eigenvalue weighted by Crippen LogP contribution is 2.32. The van der Waals surface area contributed by atoms with Crippen LogP contribution in [0.15, 0.2) is 48.8 Å². The number of aromatic nitrogens is 4. The number of rotatable bonds is 6. The minimum atomic E-state index is -1.27. The molecule has 3 heterocycles. The fraction of sp³-hybridized carbons (Fsp3) is 0.318. The Labute approximate surface area is 182 Å². The fourth-order valence-corrected chi connectivity index (χ4v) is 4.04. The van der Waals surface area contributed by atoms with Crippen LogP contribution in [0.3, 0.4) is 0 Å². The van der Waals surface area contributed by atoms with Crippen molar-refractivity contribution in [3.63, 3.8) is 0 Å². The number of anilines is 1. The van der Waals surface area contributed by atoms with Gasteiger partial charge in [-0.3, -0.25) is 4.57 Å². The number of aliphatic hydroxyl groups is 3. The van der Waals surface area contributed by atoms with Crippen LogP contribution in [0.5, 0.6) is 6.01 Å². The molecule has 4 aromatic rings. The summed E-state index contributed by atoms with van der Waals surface area (Å²) in [5, 5.41) is 32.1. The summed E-state index contributed by atoms with van der Waals surface area (Å²) in [6.07, 6.45) is -2.35. The number of nitrogens with two attached hydrogens (primary N) is 1. The van der Waals surface area contributed by atoms with Crippen molar-refractivity contribution in [2.75, 3.05) is 18.9 Å². The van der Waals surface area contributed by atoms with E-state index in [0.717, 1.165) is 16.3 Å². The predicted octanol–water partition coefficient (Wildman–Crippen LogP) is 0.795. The Kier molecular flexibility index (Phi) is 5.35. The van der Waals surface area contributed by atoms with Crippen LogP contribution in [0.2, 0.25) is 0 Å². The average Bonchev–Trinajstić information content (AvgIpc) is 3.35. The van der Waals surface area contributed by atoms with Crippen LogP contribution in [0, 0.1) is 0 Å². The first-order chi connectivity index (χ1) is 15.6. The Morgan fingerprint density at radius 1 is 1.06 bits per heavy atom. The highest BCUT2D eigenvalue weighted by atomic mass is 16.6. The van der Waals surface area contributed by atoms with Crippen LogP contribution < -0.4 is 10.5 Å². The predicted molar refractivity (Wildman–Crippen MR) is 116 cm³/mol. The van der Waals surface area contributed by atoms with E-state index in [1.54, 1.807) is 0 Å². The fourth-order valence-electron chi connectivity index (χ4n) is 4.04. The zero-order valence-corrected chi connectivity index (χ0v) is 17.1. The van der Waals surface area contributed by atoms with E-state index < -0.39 is 31.1 Å². The standard InChI is InChI=1S/C22H23N5O5/c23-19-16-20(27(11-24-16)21-18(30)17(29)15(10-28)32-21)26-22(25-19)31-9-8-13-6-3-5-12-4-1-2-7-14(12)13/h1-7,11,15,17-18,21,28-30H,8-10H2,(H2,23,25,26)/t15-,17-,18-,21-/m1/s1. The Hall–Kier alpha value is -3.31. The number of imidazole rings is 1. The SMILES string of the molecule is Nc1nc(OCCc2cccc3ccccc23)nc2c1ncn2[C@@H]1O[C@H](CO)[C@@H](O)[C@H]1O. The molecule has 0 radical (unpaired) electrons. The summed E-state index contributed by atoms with van der Waals surface area (Å²) >= 11 is 0. The molecule has 10 nitrogen and oxygen atoms in total. The zero-order valence-electron chi connectivity index (χ0n) is 17.1. The van der Waals surface area contributed by atoms with Gasteiger partial charge in [0.15, 0.2) is 23.2 Å². The first-order valence-electron chi connectivity index (χ1n) is 10.3. The number of aliphatic hydroxyl groups excluding tert-OH is 3. The van der Waals surface area contributed by atoms with Gasteiger partial charge in [0.25, 0.3) is 0 Å². The van der Waals surface area contributed by atoms with Crippen LogP contribution in [-0.4, -0.2) is 66.4 Å². The van der Waals surface area contributed by atoms with Crippen molar-refractivity contribution in [2.24, 2.45) is 0 Å². The van der Waals surface area contributed by atoms with Gasteiger partial charge in [-0.25, -0.2) is 4.98 Å². The maximum Gasteiger partial charge on any atom is 0.320 e. The van der Waals surface area contributed by atoms with Crippen molar-refractivity contribution in [3.05, 3.63) is 54.4 Å². The van der Waals surface area contributed by atoms with Crippen LogP contribution in [-0.2, 0) is 11.2 Å². The van der Waals surface area contributed by atoms with Crippen LogP contribution in [0.4, 0.5) is 5.82 Å². The third-order valence-electron chi connectivity index (χ3n) is 5.70.